The quantitative estimate of drug-likeness (QED) is 0.0245. The molecule has 0 unspecified atom stereocenters. The van der Waals surface area contributed by atoms with Gasteiger partial charge in [-0.25, -0.2) is 37.9 Å². The smallest absolute Gasteiger partial charge is 0.444 e. The van der Waals surface area contributed by atoms with Gasteiger partial charge in [0.25, 0.3) is 15.9 Å². The maximum atomic E-state index is 12.7. The standard InChI is InChI=1S/C20H29N3O.C19H29N3O2S.C18H33N3O2.C16H19N3O.C15H12F3N3O/c24-19(16-10-4-1-5-11-16)23-20(21-17-12-6-2-7-13-17)22-18-14-8-3-9-15-18;23-25(24,18-14-8-3-9-15-18)22-19(20-16-10-4-1-5-11-16)21-17-12-6-2-7-13-17;1-18(2,3)23-17(22)21-16(19-14-10-6-4-7-11-14)20-15-12-8-5-9-13-15;1-20-13-12-17-16(18-14-8-4-2-5-9-14)19-15-10-6-3-7-11-15;16-15(17,18)13(22)21-14(19-11-7-3-1-4-8-11)20-12-9-5-2-6-10-12/h1,4-5,10-11,17-18H,2-3,6-9,12-15H2,(H2,21,22,23,24);3,8-9,14-17H,1-2,4-7,10-13H2,(H2,20,21,22);14-15H,4-13H2,1-3H3,(H2,19,20,21,22);2-11H,12-13H2,1H3,(H2,17,18,19);1-10H,(H2,19,20,21,22). The third kappa shape index (κ3) is 36.5. The number of guanidine groups is 5. The summed E-state index contributed by atoms with van der Waals surface area (Å²) in [5.41, 5.74) is 3.08. The maximum absolute atomic E-state index is 12.7. The number of hydrogen-bond donors (Lipinski definition) is 10. The van der Waals surface area contributed by atoms with Crippen molar-refractivity contribution < 1.29 is 45.4 Å². The first kappa shape index (κ1) is 89.7. The minimum atomic E-state index is -4.99. The van der Waals surface area contributed by atoms with Crippen molar-refractivity contribution in [2.45, 2.75) is 266 Å². The molecule has 10 N–H and O–H groups in total. The Morgan fingerprint density at radius 3 is 1.14 bits per heavy atom. The van der Waals surface area contributed by atoms with Crippen LogP contribution in [-0.2, 0) is 24.3 Å². The Morgan fingerprint density at radius 1 is 0.412 bits per heavy atom. The molecule has 6 aromatic rings. The number of sulfonamides is 1. The molecule has 0 spiro atoms. The van der Waals surface area contributed by atoms with Gasteiger partial charge in [0, 0.05) is 47.9 Å². The van der Waals surface area contributed by atoms with Crippen molar-refractivity contribution in [3.8, 4) is 0 Å². The number of nitrogens with zero attached hydrogens (tertiary/aromatic N) is 5. The van der Waals surface area contributed by atoms with Gasteiger partial charge >= 0.3 is 18.2 Å². The molecule has 114 heavy (non-hydrogen) atoms. The van der Waals surface area contributed by atoms with E-state index in [9.17, 15) is 36.0 Å². The van der Waals surface area contributed by atoms with Crippen LogP contribution in [0.25, 0.3) is 0 Å². The van der Waals surface area contributed by atoms with E-state index >= 15 is 0 Å². The number of ether oxygens (including phenoxy) is 2. The highest BCUT2D eigenvalue weighted by molar-refractivity contribution is 7.90. The number of anilines is 3. The van der Waals surface area contributed by atoms with E-state index in [2.05, 4.69) is 57.2 Å². The van der Waals surface area contributed by atoms with Crippen LogP contribution in [0.4, 0.5) is 40.7 Å². The van der Waals surface area contributed by atoms with Gasteiger partial charge in [-0.3, -0.25) is 30.5 Å². The van der Waals surface area contributed by atoms with E-state index in [0.717, 1.165) is 75.6 Å². The summed E-state index contributed by atoms with van der Waals surface area (Å²) in [5.74, 6) is -0.0402. The SMILES string of the molecule is CC(C)(C)OC(=O)NC(=NC1CCCCC1)NC1CCCCC1.COCCN=C(Nc1ccccc1)Nc1ccccc1.O=C(NC(=NC1CCCCC1)NC1CCCCC1)c1ccccc1.O=C(NC(=Nc1ccccc1)Nc1ccccc1)C(F)(F)F.O=S(=O)(NC(=NC1CCCCC1)NC1CCCCC1)c1ccccc1. The Morgan fingerprint density at radius 2 is 0.754 bits per heavy atom. The molecule has 6 aromatic carbocycles. The van der Waals surface area contributed by atoms with E-state index in [-0.39, 0.29) is 22.8 Å². The van der Waals surface area contributed by atoms with Crippen molar-refractivity contribution in [3.05, 3.63) is 188 Å². The van der Waals surface area contributed by atoms with Crippen LogP contribution < -0.4 is 52.6 Å². The molecule has 6 fully saturated rings. The molecule has 6 aliphatic carbocycles. The van der Waals surface area contributed by atoms with Gasteiger partial charge in [0.1, 0.15) is 5.60 Å². The summed E-state index contributed by atoms with van der Waals surface area (Å²) in [6.45, 7) is 6.82. The molecule has 6 saturated carbocycles. The summed E-state index contributed by atoms with van der Waals surface area (Å²) in [6.07, 6.45) is 30.5. The van der Waals surface area contributed by atoms with Crippen molar-refractivity contribution >= 4 is 80.5 Å². The minimum Gasteiger partial charge on any atom is -0.444 e. The molecule has 3 amide bonds. The summed E-state index contributed by atoms with van der Waals surface area (Å²) in [6, 6.07) is 56.6. The van der Waals surface area contributed by atoms with Crippen LogP contribution >= 0.6 is 0 Å². The zero-order valence-electron chi connectivity index (χ0n) is 67.0. The zero-order valence-corrected chi connectivity index (χ0v) is 67.9. The van der Waals surface area contributed by atoms with Crippen LogP contribution in [0.2, 0.25) is 0 Å². The van der Waals surface area contributed by atoms with Crippen molar-refractivity contribution in [1.29, 1.82) is 0 Å². The molecule has 0 radical (unpaired) electrons. The van der Waals surface area contributed by atoms with Crippen LogP contribution in [0.3, 0.4) is 0 Å². The topological polar surface area (TPSA) is 286 Å². The Kier molecular flexibility index (Phi) is 39.1. The van der Waals surface area contributed by atoms with Gasteiger partial charge in [-0.1, -0.05) is 225 Å². The van der Waals surface area contributed by atoms with Gasteiger partial charge in [-0.05, 0) is 171 Å². The molecular formula is C88H122F3N15O7S. The third-order valence-corrected chi connectivity index (χ3v) is 21.2. The number of alkyl halides is 3. The first-order chi connectivity index (χ1) is 55.2. The Labute approximate surface area is 674 Å². The molecule has 618 valence electrons. The van der Waals surface area contributed by atoms with Crippen LogP contribution in [0.5, 0.6) is 0 Å². The molecule has 0 atom stereocenters. The molecule has 22 nitrogen and oxygen atoms in total. The number of hydrogen-bond acceptors (Lipinski definition) is 12. The molecule has 0 aromatic heterocycles. The lowest BCUT2D eigenvalue weighted by Crippen LogP contribution is -2.48. The van der Waals surface area contributed by atoms with Gasteiger partial charge < -0.3 is 41.4 Å². The Hall–Kier alpha value is -9.82. The summed E-state index contributed by atoms with van der Waals surface area (Å²) in [4.78, 5) is 58.9. The number of rotatable bonds is 16. The second kappa shape index (κ2) is 49.7. The molecule has 0 aliphatic heterocycles. The number of para-hydroxylation sites is 4. The fraction of sp³-hybridized carbons (Fsp3) is 0.500. The number of carbonyl (C=O) groups excluding carboxylic acids is 3. The highest BCUT2D eigenvalue weighted by Crippen LogP contribution is 2.26. The molecule has 0 saturated heterocycles. The predicted octanol–water partition coefficient (Wildman–Crippen LogP) is 18.4. The van der Waals surface area contributed by atoms with Crippen molar-refractivity contribution in [1.82, 2.24) is 36.6 Å². The second-order valence-electron chi connectivity index (χ2n) is 30.6. The summed E-state index contributed by atoms with van der Waals surface area (Å²) < 4.78 is 75.7. The van der Waals surface area contributed by atoms with E-state index in [0.29, 0.717) is 84.1 Å². The van der Waals surface area contributed by atoms with Crippen LogP contribution in [0, 0.1) is 0 Å². The fourth-order valence-corrected chi connectivity index (χ4v) is 15.0. The van der Waals surface area contributed by atoms with Gasteiger partial charge in [-0.2, -0.15) is 13.2 Å². The number of aliphatic imine (C=N–C) groups is 5. The number of amides is 3. The molecule has 0 bridgehead atoms. The normalized spacial score (nSPS) is 17.4. The summed E-state index contributed by atoms with van der Waals surface area (Å²) in [7, 11) is -1.93. The molecule has 6 aliphatic rings. The fourth-order valence-electron chi connectivity index (χ4n) is 14.0. The number of carbonyl (C=O) groups is 3. The summed E-state index contributed by atoms with van der Waals surface area (Å²) >= 11 is 0. The lowest BCUT2D eigenvalue weighted by Gasteiger charge is -2.27. The van der Waals surface area contributed by atoms with Crippen molar-refractivity contribution in [2.75, 3.05) is 36.2 Å². The second-order valence-corrected chi connectivity index (χ2v) is 32.2. The Balaban J connectivity index is 0.000000179. The van der Waals surface area contributed by atoms with Gasteiger partial charge in [0.05, 0.1) is 41.9 Å². The minimum absolute atomic E-state index is 0.0755. The molecule has 12 rings (SSSR count). The van der Waals surface area contributed by atoms with Crippen molar-refractivity contribution in [3.63, 3.8) is 0 Å². The molecule has 0 heterocycles. The predicted molar refractivity (Wildman–Crippen MR) is 455 cm³/mol. The average Bonchev–Trinajstić information content (AvgIpc) is 0.832. The lowest BCUT2D eigenvalue weighted by atomic mass is 9.95. The highest BCUT2D eigenvalue weighted by atomic mass is 32.2. The number of halogens is 3. The van der Waals surface area contributed by atoms with E-state index in [1.807, 2.05) is 118 Å². The number of nitrogens with one attached hydrogen (secondary N) is 10. The van der Waals surface area contributed by atoms with Crippen LogP contribution in [-0.4, -0.2) is 124 Å². The number of benzene rings is 6. The van der Waals surface area contributed by atoms with Crippen LogP contribution in [0.1, 0.15) is 224 Å². The number of alkyl carbamates (subject to hydrolysis) is 1. The average molecular weight is 1590 g/mol. The highest BCUT2D eigenvalue weighted by Gasteiger charge is 2.39. The van der Waals surface area contributed by atoms with Gasteiger partial charge in [0.2, 0.25) is 17.9 Å². The monoisotopic (exact) mass is 1590 g/mol. The first-order valence-corrected chi connectivity index (χ1v) is 42.7. The van der Waals surface area contributed by atoms with E-state index in [1.165, 1.54) is 128 Å². The van der Waals surface area contributed by atoms with E-state index < -0.39 is 33.8 Å². The van der Waals surface area contributed by atoms with E-state index in [1.54, 1.807) is 97.4 Å². The third-order valence-electron chi connectivity index (χ3n) is 19.8. The van der Waals surface area contributed by atoms with Crippen LogP contribution in [0.15, 0.2) is 212 Å². The maximum Gasteiger partial charge on any atom is 0.471 e. The van der Waals surface area contributed by atoms with Crippen molar-refractivity contribution in [2.24, 2.45) is 25.0 Å². The van der Waals surface area contributed by atoms with Gasteiger partial charge in [0.15, 0.2) is 11.9 Å². The molecular weight excluding hydrogens is 1470 g/mol. The van der Waals surface area contributed by atoms with Gasteiger partial charge in [-0.15, -0.1) is 0 Å². The molecule has 26 heteroatoms. The zero-order chi connectivity index (χ0) is 80.9. The lowest BCUT2D eigenvalue weighted by molar-refractivity contribution is -0.171. The number of methoxy groups -OCH3 is 1. The largest absolute Gasteiger partial charge is 0.471 e. The van der Waals surface area contributed by atoms with E-state index in [4.69, 9.17) is 24.5 Å². The Bertz CT molecular complexity index is 3950. The summed E-state index contributed by atoms with van der Waals surface area (Å²) in [5, 5.41) is 27.2. The first-order valence-electron chi connectivity index (χ1n) is 41.2.